The highest BCUT2D eigenvalue weighted by atomic mass is 16.5. The number of carbonyl (C=O) groups is 1. The van der Waals surface area contributed by atoms with E-state index in [9.17, 15) is 9.90 Å². The predicted octanol–water partition coefficient (Wildman–Crippen LogP) is 1.95. The minimum atomic E-state index is -0.812. The van der Waals surface area contributed by atoms with Crippen LogP contribution in [-0.2, 0) is 11.2 Å². The highest BCUT2D eigenvalue weighted by Crippen LogP contribution is 2.49. The second kappa shape index (κ2) is 8.61. The second-order valence-corrected chi connectivity index (χ2v) is 6.99. The van der Waals surface area contributed by atoms with Crippen molar-refractivity contribution in [2.45, 2.75) is 31.9 Å². The lowest BCUT2D eigenvalue weighted by atomic mass is 9.91. The molecule has 29 heavy (non-hydrogen) atoms. The molecule has 0 aliphatic heterocycles. The fourth-order valence-electron chi connectivity index (χ4n) is 4.03. The average Bonchev–Trinajstić information content (AvgIpc) is 2.95. The van der Waals surface area contributed by atoms with Gasteiger partial charge in [-0.2, -0.15) is 0 Å². The molecule has 3 rings (SSSR count). The largest absolute Gasteiger partial charge is 0.493 e. The van der Waals surface area contributed by atoms with Crippen molar-refractivity contribution in [3.63, 3.8) is 0 Å². The van der Waals surface area contributed by atoms with Crippen molar-refractivity contribution >= 4 is 11.5 Å². The number of allylic oxidation sites excluding steroid dienone is 2. The number of methoxy groups -OCH3 is 3. The van der Waals surface area contributed by atoms with Crippen LogP contribution in [0.4, 0.5) is 0 Å². The lowest BCUT2D eigenvalue weighted by Crippen LogP contribution is -2.35. The van der Waals surface area contributed by atoms with Crippen molar-refractivity contribution < 1.29 is 24.1 Å². The van der Waals surface area contributed by atoms with Crippen LogP contribution in [0.2, 0.25) is 0 Å². The van der Waals surface area contributed by atoms with Gasteiger partial charge in [-0.15, -0.1) is 0 Å². The molecule has 0 aromatic heterocycles. The van der Waals surface area contributed by atoms with Gasteiger partial charge in [0.05, 0.1) is 27.4 Å². The first-order valence-corrected chi connectivity index (χ1v) is 9.54. The number of fused-ring (bicyclic) bond motifs is 3. The summed E-state index contributed by atoms with van der Waals surface area (Å²) in [6.07, 6.45) is 6.14. The molecule has 0 heterocycles. The predicted molar refractivity (Wildman–Crippen MR) is 111 cm³/mol. The van der Waals surface area contributed by atoms with Crippen molar-refractivity contribution in [2.75, 3.05) is 28.4 Å². The molecule has 156 valence electrons. The van der Waals surface area contributed by atoms with Gasteiger partial charge in [0.2, 0.25) is 11.7 Å². The van der Waals surface area contributed by atoms with E-state index in [-0.39, 0.29) is 11.9 Å². The third-order valence-electron chi connectivity index (χ3n) is 5.32. The van der Waals surface area contributed by atoms with E-state index in [1.807, 2.05) is 18.2 Å². The highest BCUT2D eigenvalue weighted by Gasteiger charge is 2.32. The van der Waals surface area contributed by atoms with Gasteiger partial charge in [-0.3, -0.25) is 4.79 Å². The van der Waals surface area contributed by atoms with Gasteiger partial charge in [-0.25, -0.2) is 0 Å². The zero-order chi connectivity index (χ0) is 21.1. The van der Waals surface area contributed by atoms with E-state index in [1.165, 1.54) is 6.92 Å². The first-order valence-electron chi connectivity index (χ1n) is 9.54. The molecule has 0 saturated heterocycles. The van der Waals surface area contributed by atoms with Crippen molar-refractivity contribution in [2.24, 2.45) is 0 Å². The Morgan fingerprint density at radius 2 is 1.86 bits per heavy atom. The van der Waals surface area contributed by atoms with Crippen LogP contribution < -0.4 is 24.8 Å². The van der Waals surface area contributed by atoms with Crippen LogP contribution in [0.3, 0.4) is 0 Å². The van der Waals surface area contributed by atoms with Gasteiger partial charge >= 0.3 is 0 Å². The van der Waals surface area contributed by atoms with Crippen molar-refractivity contribution in [1.29, 1.82) is 0 Å². The van der Waals surface area contributed by atoms with Gasteiger partial charge < -0.3 is 30.0 Å². The maximum Gasteiger partial charge on any atom is 0.217 e. The summed E-state index contributed by atoms with van der Waals surface area (Å²) < 4.78 is 16.9. The van der Waals surface area contributed by atoms with E-state index in [2.05, 4.69) is 10.6 Å². The first-order chi connectivity index (χ1) is 13.9. The lowest BCUT2D eigenvalue weighted by molar-refractivity contribution is -0.119. The monoisotopic (exact) mass is 400 g/mol. The van der Waals surface area contributed by atoms with Gasteiger partial charge in [-0.1, -0.05) is 6.08 Å². The molecule has 2 aliphatic rings. The third kappa shape index (κ3) is 3.82. The Morgan fingerprint density at radius 1 is 1.14 bits per heavy atom. The van der Waals surface area contributed by atoms with E-state index in [1.54, 1.807) is 34.5 Å². The van der Waals surface area contributed by atoms with Crippen molar-refractivity contribution in [1.82, 2.24) is 10.6 Å². The number of aliphatic hydroxyl groups is 1. The number of hydrogen-bond donors (Lipinski definition) is 3. The molecule has 1 amide bonds. The van der Waals surface area contributed by atoms with Gasteiger partial charge in [0.25, 0.3) is 0 Å². The van der Waals surface area contributed by atoms with Gasteiger partial charge in [0, 0.05) is 25.2 Å². The summed E-state index contributed by atoms with van der Waals surface area (Å²) in [6, 6.07) is 1.71. The molecule has 1 aromatic carbocycles. The molecule has 7 nitrogen and oxygen atoms in total. The molecule has 0 radical (unpaired) electrons. The fraction of sp³-hybridized carbons (Fsp3) is 0.409. The van der Waals surface area contributed by atoms with Gasteiger partial charge in [-0.05, 0) is 47.8 Å². The Labute approximate surface area is 171 Å². The number of rotatable bonds is 5. The van der Waals surface area contributed by atoms with E-state index >= 15 is 0 Å². The first kappa shape index (κ1) is 20.8. The molecular formula is C22H28N2O5. The quantitative estimate of drug-likeness (QED) is 0.700. The Morgan fingerprint density at radius 3 is 2.45 bits per heavy atom. The number of amides is 1. The molecule has 0 saturated carbocycles. The van der Waals surface area contributed by atoms with Gasteiger partial charge in [0.1, 0.15) is 6.10 Å². The van der Waals surface area contributed by atoms with Crippen LogP contribution in [0.5, 0.6) is 17.2 Å². The Balaban J connectivity index is 2.31. The standard InChI is InChI=1S/C22H28N2O5/c1-12(25)24-16-8-6-13-10-19(27-3)21(28-4)22(29-5)20(13)14-7-9-17(23-2)18(26)11-15(14)16/h7,9-11,16,18,23,26H,6,8H2,1-5H3,(H,24,25)/t16-,18-/m0/s1. The number of hydrogen-bond acceptors (Lipinski definition) is 6. The normalized spacial score (nSPS) is 20.6. The van der Waals surface area contributed by atoms with Crippen molar-refractivity contribution in [3.8, 4) is 17.2 Å². The maximum atomic E-state index is 11.9. The van der Waals surface area contributed by atoms with Gasteiger partial charge in [0.15, 0.2) is 11.5 Å². The maximum absolute atomic E-state index is 11.9. The number of likely N-dealkylation sites (N-methyl/N-ethyl adjacent to an activating group) is 1. The van der Waals surface area contributed by atoms with E-state index < -0.39 is 6.10 Å². The summed E-state index contributed by atoms with van der Waals surface area (Å²) in [4.78, 5) is 11.9. The van der Waals surface area contributed by atoms with Crippen LogP contribution >= 0.6 is 0 Å². The van der Waals surface area contributed by atoms with E-state index in [0.29, 0.717) is 35.8 Å². The number of benzene rings is 1. The smallest absolute Gasteiger partial charge is 0.217 e. The van der Waals surface area contributed by atoms with Crippen LogP contribution in [0.1, 0.15) is 24.5 Å². The van der Waals surface area contributed by atoms with Crippen LogP contribution in [0.15, 0.2) is 35.6 Å². The Kier molecular flexibility index (Phi) is 6.17. The molecular weight excluding hydrogens is 372 g/mol. The molecule has 2 aliphatic carbocycles. The summed E-state index contributed by atoms with van der Waals surface area (Å²) in [5, 5.41) is 16.7. The summed E-state index contributed by atoms with van der Waals surface area (Å²) in [5.41, 5.74) is 4.29. The number of aryl methyl sites for hydroxylation is 1. The SMILES string of the molecule is CNC1=CC=C2C(=C[C@@H]1O)[C@@H](NC(C)=O)CCc1cc(OC)c(OC)c(OC)c12. The molecule has 7 heteroatoms. The highest BCUT2D eigenvalue weighted by molar-refractivity contribution is 5.90. The molecule has 3 N–H and O–H groups in total. The molecule has 0 fully saturated rings. The molecule has 0 spiro atoms. The number of nitrogens with one attached hydrogen (secondary N) is 2. The van der Waals surface area contributed by atoms with Crippen LogP contribution in [-0.4, -0.2) is 51.5 Å². The Bertz CT molecular complexity index is 901. The molecule has 0 bridgehead atoms. The summed E-state index contributed by atoms with van der Waals surface area (Å²) in [6.45, 7) is 1.50. The third-order valence-corrected chi connectivity index (χ3v) is 5.32. The zero-order valence-electron chi connectivity index (χ0n) is 17.5. The zero-order valence-corrected chi connectivity index (χ0v) is 17.5. The fourth-order valence-corrected chi connectivity index (χ4v) is 4.03. The molecule has 1 aromatic rings. The van der Waals surface area contributed by atoms with E-state index in [0.717, 1.165) is 22.3 Å². The molecule has 0 unspecified atom stereocenters. The average molecular weight is 400 g/mol. The second-order valence-electron chi connectivity index (χ2n) is 6.99. The number of ether oxygens (including phenoxy) is 3. The lowest BCUT2D eigenvalue weighted by Gasteiger charge is -2.23. The topological polar surface area (TPSA) is 89.1 Å². The number of aliphatic hydroxyl groups excluding tert-OH is 1. The van der Waals surface area contributed by atoms with Crippen LogP contribution in [0.25, 0.3) is 5.57 Å². The summed E-state index contributed by atoms with van der Waals surface area (Å²) >= 11 is 0. The Hall–Kier alpha value is -2.93. The van der Waals surface area contributed by atoms with E-state index in [4.69, 9.17) is 14.2 Å². The summed E-state index contributed by atoms with van der Waals surface area (Å²) in [5.74, 6) is 1.55. The minimum Gasteiger partial charge on any atom is -0.493 e. The van der Waals surface area contributed by atoms with Crippen LogP contribution in [0, 0.1) is 0 Å². The summed E-state index contributed by atoms with van der Waals surface area (Å²) in [7, 11) is 6.53. The minimum absolute atomic E-state index is 0.121. The van der Waals surface area contributed by atoms with Crippen molar-refractivity contribution in [3.05, 3.63) is 46.7 Å². The number of carbonyl (C=O) groups excluding carboxylic acids is 1. The molecule has 2 atom stereocenters.